The normalized spacial score (nSPS) is 15.9. The molecule has 0 saturated heterocycles. The molecule has 0 fully saturated rings. The molecule has 0 aliphatic carbocycles. The Labute approximate surface area is 199 Å². The third kappa shape index (κ3) is 4.07. The van der Waals surface area contributed by atoms with Gasteiger partial charge in [0.15, 0.2) is 0 Å². The van der Waals surface area contributed by atoms with Crippen molar-refractivity contribution in [2.24, 2.45) is 0 Å². The molecule has 34 heavy (non-hydrogen) atoms. The number of aryl methyl sites for hydroxylation is 1. The molecule has 2 aliphatic rings. The van der Waals surface area contributed by atoms with Crippen molar-refractivity contribution in [2.45, 2.75) is 39.3 Å². The minimum atomic E-state index is -0.280. The van der Waals surface area contributed by atoms with Gasteiger partial charge in [0, 0.05) is 24.6 Å². The Morgan fingerprint density at radius 1 is 0.941 bits per heavy atom. The number of carbonyl (C=O) groups is 2. The van der Waals surface area contributed by atoms with Crippen LogP contribution in [0.5, 0.6) is 5.75 Å². The van der Waals surface area contributed by atoms with Crippen LogP contribution in [-0.4, -0.2) is 34.3 Å². The van der Waals surface area contributed by atoms with E-state index in [0.29, 0.717) is 23.4 Å². The van der Waals surface area contributed by atoms with Crippen LogP contribution in [0.15, 0.2) is 78.8 Å². The Kier molecular flexibility index (Phi) is 5.88. The number of amides is 2. The van der Waals surface area contributed by atoms with Crippen LogP contribution < -0.4 is 9.64 Å². The highest BCUT2D eigenvalue weighted by Gasteiger charge is 2.42. The van der Waals surface area contributed by atoms with E-state index in [-0.39, 0.29) is 24.5 Å². The van der Waals surface area contributed by atoms with Crippen molar-refractivity contribution in [2.75, 3.05) is 11.4 Å². The Balaban J connectivity index is 1.59. The van der Waals surface area contributed by atoms with Gasteiger partial charge in [-0.1, -0.05) is 30.3 Å². The number of imide groups is 1. The summed E-state index contributed by atoms with van der Waals surface area (Å²) >= 11 is 0. The first-order valence-electron chi connectivity index (χ1n) is 11.6. The SMILES string of the molecule is CC(C)Oc1ccc(C2=C(N3CCCc4ccccc43)C(=O)N(Cc3ccncc3)C2=O)cc1. The molecule has 1 aromatic heterocycles. The smallest absolute Gasteiger partial charge is 0.278 e. The van der Waals surface area contributed by atoms with Crippen molar-refractivity contribution in [3.8, 4) is 5.75 Å². The number of rotatable bonds is 6. The van der Waals surface area contributed by atoms with Crippen molar-refractivity contribution in [1.29, 1.82) is 0 Å². The predicted molar refractivity (Wildman–Crippen MR) is 131 cm³/mol. The summed E-state index contributed by atoms with van der Waals surface area (Å²) < 4.78 is 5.77. The van der Waals surface area contributed by atoms with Gasteiger partial charge in [-0.15, -0.1) is 0 Å². The zero-order valence-corrected chi connectivity index (χ0v) is 19.4. The highest BCUT2D eigenvalue weighted by molar-refractivity contribution is 6.36. The van der Waals surface area contributed by atoms with Gasteiger partial charge in [-0.25, -0.2) is 0 Å². The monoisotopic (exact) mass is 453 g/mol. The van der Waals surface area contributed by atoms with E-state index in [4.69, 9.17) is 4.74 Å². The molecular formula is C28H27N3O3. The number of para-hydroxylation sites is 1. The highest BCUT2D eigenvalue weighted by Crippen LogP contribution is 2.38. The van der Waals surface area contributed by atoms with E-state index in [9.17, 15) is 9.59 Å². The summed E-state index contributed by atoms with van der Waals surface area (Å²) in [7, 11) is 0. The Bertz CT molecular complexity index is 1250. The maximum Gasteiger partial charge on any atom is 0.278 e. The molecule has 0 saturated carbocycles. The maximum absolute atomic E-state index is 13.8. The van der Waals surface area contributed by atoms with E-state index in [0.717, 1.165) is 29.8 Å². The second-order valence-electron chi connectivity index (χ2n) is 8.85. The van der Waals surface area contributed by atoms with Crippen LogP contribution in [0.1, 0.15) is 37.0 Å². The van der Waals surface area contributed by atoms with E-state index < -0.39 is 0 Å². The first kappa shape index (κ1) is 21.9. The molecule has 3 aromatic rings. The largest absolute Gasteiger partial charge is 0.491 e. The molecule has 172 valence electrons. The molecule has 2 aliphatic heterocycles. The molecule has 5 rings (SSSR count). The quantitative estimate of drug-likeness (QED) is 0.511. The summed E-state index contributed by atoms with van der Waals surface area (Å²) in [6, 6.07) is 19.2. The van der Waals surface area contributed by atoms with Gasteiger partial charge in [-0.2, -0.15) is 0 Å². The first-order chi connectivity index (χ1) is 16.5. The molecule has 3 heterocycles. The Morgan fingerprint density at radius 3 is 2.41 bits per heavy atom. The van der Waals surface area contributed by atoms with Gasteiger partial charge in [0.1, 0.15) is 11.4 Å². The standard InChI is InChI=1S/C28H27N3O3/c1-19(2)34-23-11-9-22(10-12-23)25-26(30-17-5-7-21-6-3-4-8-24(21)30)28(33)31(27(25)32)18-20-13-15-29-16-14-20/h3-4,6,8-16,19H,5,7,17-18H2,1-2H3. The number of carbonyl (C=O) groups excluding carboxylic acids is 2. The molecule has 0 unspecified atom stereocenters. The molecule has 0 N–H and O–H groups in total. The molecule has 2 aromatic carbocycles. The molecule has 6 heteroatoms. The van der Waals surface area contributed by atoms with Crippen molar-refractivity contribution < 1.29 is 14.3 Å². The second-order valence-corrected chi connectivity index (χ2v) is 8.85. The van der Waals surface area contributed by atoms with Gasteiger partial charge in [0.2, 0.25) is 0 Å². The minimum Gasteiger partial charge on any atom is -0.491 e. The topological polar surface area (TPSA) is 62.7 Å². The van der Waals surface area contributed by atoms with Crippen molar-refractivity contribution in [3.63, 3.8) is 0 Å². The summed E-state index contributed by atoms with van der Waals surface area (Å²) in [5, 5.41) is 0. The van der Waals surface area contributed by atoms with Gasteiger partial charge in [0.05, 0.1) is 18.2 Å². The lowest BCUT2D eigenvalue weighted by Crippen LogP contribution is -2.36. The van der Waals surface area contributed by atoms with Crippen molar-refractivity contribution in [1.82, 2.24) is 9.88 Å². The predicted octanol–water partition coefficient (Wildman–Crippen LogP) is 4.60. The number of nitrogens with zero attached hydrogens (tertiary/aromatic N) is 3. The van der Waals surface area contributed by atoms with E-state index in [1.54, 1.807) is 12.4 Å². The van der Waals surface area contributed by atoms with Crippen LogP contribution in [0.4, 0.5) is 5.69 Å². The first-order valence-corrected chi connectivity index (χ1v) is 11.6. The highest BCUT2D eigenvalue weighted by atomic mass is 16.5. The van der Waals surface area contributed by atoms with Crippen LogP contribution in [0.3, 0.4) is 0 Å². The number of pyridine rings is 1. The minimum absolute atomic E-state index is 0.0519. The van der Waals surface area contributed by atoms with Gasteiger partial charge in [-0.05, 0) is 73.7 Å². The maximum atomic E-state index is 13.8. The average Bonchev–Trinajstić information content (AvgIpc) is 3.09. The number of hydrogen-bond acceptors (Lipinski definition) is 5. The number of ether oxygens (including phenoxy) is 1. The summed E-state index contributed by atoms with van der Waals surface area (Å²) in [5.41, 5.74) is 4.64. The number of benzene rings is 2. The molecule has 0 radical (unpaired) electrons. The molecule has 0 atom stereocenters. The zero-order valence-electron chi connectivity index (χ0n) is 19.4. The third-order valence-electron chi connectivity index (χ3n) is 6.13. The number of fused-ring (bicyclic) bond motifs is 1. The van der Waals surface area contributed by atoms with E-state index in [1.807, 2.05) is 73.3 Å². The van der Waals surface area contributed by atoms with Gasteiger partial charge in [-0.3, -0.25) is 19.5 Å². The molecule has 6 nitrogen and oxygen atoms in total. The van der Waals surface area contributed by atoms with Crippen LogP contribution in [-0.2, 0) is 22.6 Å². The molecule has 2 amide bonds. The Hall–Kier alpha value is -3.93. The zero-order chi connectivity index (χ0) is 23.7. The number of anilines is 1. The van der Waals surface area contributed by atoms with Gasteiger partial charge in [0.25, 0.3) is 11.8 Å². The van der Waals surface area contributed by atoms with Crippen LogP contribution in [0, 0.1) is 0 Å². The van der Waals surface area contributed by atoms with E-state index in [2.05, 4.69) is 11.1 Å². The van der Waals surface area contributed by atoms with Gasteiger partial charge >= 0.3 is 0 Å². The third-order valence-corrected chi connectivity index (χ3v) is 6.13. The number of aromatic nitrogens is 1. The Morgan fingerprint density at radius 2 is 1.68 bits per heavy atom. The lowest BCUT2D eigenvalue weighted by molar-refractivity contribution is -0.137. The summed E-state index contributed by atoms with van der Waals surface area (Å²) in [6.07, 6.45) is 5.27. The number of hydrogen-bond donors (Lipinski definition) is 0. The fourth-order valence-corrected chi connectivity index (χ4v) is 4.63. The van der Waals surface area contributed by atoms with Crippen LogP contribution in [0.2, 0.25) is 0 Å². The summed E-state index contributed by atoms with van der Waals surface area (Å²) in [4.78, 5) is 34.9. The second kappa shape index (κ2) is 9.14. The lowest BCUT2D eigenvalue weighted by atomic mass is 9.98. The van der Waals surface area contributed by atoms with E-state index >= 15 is 0 Å². The molecular weight excluding hydrogens is 426 g/mol. The average molecular weight is 454 g/mol. The van der Waals surface area contributed by atoms with Crippen LogP contribution in [0.25, 0.3) is 5.57 Å². The fourth-order valence-electron chi connectivity index (χ4n) is 4.63. The van der Waals surface area contributed by atoms with Gasteiger partial charge < -0.3 is 9.64 Å². The fraction of sp³-hybridized carbons (Fsp3) is 0.250. The van der Waals surface area contributed by atoms with Crippen molar-refractivity contribution in [3.05, 3.63) is 95.4 Å². The van der Waals surface area contributed by atoms with Crippen molar-refractivity contribution >= 4 is 23.1 Å². The molecule has 0 spiro atoms. The summed E-state index contributed by atoms with van der Waals surface area (Å²) in [5.74, 6) is 0.183. The van der Waals surface area contributed by atoms with Crippen LogP contribution >= 0.6 is 0 Å². The lowest BCUT2D eigenvalue weighted by Gasteiger charge is -2.32. The molecule has 0 bridgehead atoms. The van der Waals surface area contributed by atoms with E-state index in [1.165, 1.54) is 10.5 Å². The summed E-state index contributed by atoms with van der Waals surface area (Å²) in [6.45, 7) is 4.83.